The summed E-state index contributed by atoms with van der Waals surface area (Å²) in [5.74, 6) is 3.18. The molecule has 0 aliphatic carbocycles. The van der Waals surface area contributed by atoms with Crippen LogP contribution in [0.4, 0.5) is 0 Å². The van der Waals surface area contributed by atoms with Gasteiger partial charge >= 0.3 is 0 Å². The molecule has 3 unspecified atom stereocenters. The van der Waals surface area contributed by atoms with Gasteiger partial charge < -0.3 is 0 Å². The van der Waals surface area contributed by atoms with E-state index in [9.17, 15) is 0 Å². The van der Waals surface area contributed by atoms with Crippen molar-refractivity contribution in [2.24, 2.45) is 23.7 Å². The fourth-order valence-corrected chi connectivity index (χ4v) is 4.29. The molecule has 0 aliphatic rings. The SMILES string of the molecule is C=C(C)/C(=C\C)CC(C)[C@H](CCC(C)CCC(CC)CCC)/C(C)=C/C. The number of hydrogen-bond donors (Lipinski definition) is 0. The molecule has 0 amide bonds. The minimum atomic E-state index is 0.685. The molecule has 0 bridgehead atoms. The molecule has 0 radical (unpaired) electrons. The number of allylic oxidation sites excluding steroid dienone is 5. The Morgan fingerprint density at radius 1 is 0.885 bits per heavy atom. The molecule has 0 spiro atoms. The van der Waals surface area contributed by atoms with Gasteiger partial charge in [0.15, 0.2) is 0 Å². The molecule has 0 saturated heterocycles. The average Bonchev–Trinajstić information content (AvgIpc) is 2.62. The van der Waals surface area contributed by atoms with Crippen LogP contribution in [-0.4, -0.2) is 0 Å². The molecule has 0 heterocycles. The highest BCUT2D eigenvalue weighted by Crippen LogP contribution is 2.33. The first-order valence-corrected chi connectivity index (χ1v) is 11.2. The first-order chi connectivity index (χ1) is 12.3. The zero-order chi connectivity index (χ0) is 20.1. The van der Waals surface area contributed by atoms with Gasteiger partial charge in [0.25, 0.3) is 0 Å². The predicted molar refractivity (Wildman–Crippen MR) is 122 cm³/mol. The van der Waals surface area contributed by atoms with Gasteiger partial charge in [-0.3, -0.25) is 0 Å². The van der Waals surface area contributed by atoms with E-state index in [2.05, 4.69) is 74.1 Å². The lowest BCUT2D eigenvalue weighted by atomic mass is 9.78. The van der Waals surface area contributed by atoms with Crippen molar-refractivity contribution in [2.75, 3.05) is 0 Å². The number of rotatable bonds is 14. The average molecular weight is 361 g/mol. The van der Waals surface area contributed by atoms with Gasteiger partial charge in [0.1, 0.15) is 0 Å². The summed E-state index contributed by atoms with van der Waals surface area (Å²) in [5, 5.41) is 0. The van der Waals surface area contributed by atoms with Crippen LogP contribution >= 0.6 is 0 Å². The smallest absolute Gasteiger partial charge is 0.0177 e. The highest BCUT2D eigenvalue weighted by atomic mass is 14.3. The van der Waals surface area contributed by atoms with Gasteiger partial charge in [-0.1, -0.05) is 96.1 Å². The Bertz CT molecular complexity index is 437. The van der Waals surface area contributed by atoms with E-state index in [1.807, 2.05) is 0 Å². The summed E-state index contributed by atoms with van der Waals surface area (Å²) in [4.78, 5) is 0. The van der Waals surface area contributed by atoms with Crippen LogP contribution in [-0.2, 0) is 0 Å². The Hall–Kier alpha value is -0.780. The van der Waals surface area contributed by atoms with Gasteiger partial charge in [-0.05, 0) is 69.8 Å². The summed E-state index contributed by atoms with van der Waals surface area (Å²) in [6.07, 6.45) is 15.4. The van der Waals surface area contributed by atoms with Crippen molar-refractivity contribution >= 4 is 0 Å². The van der Waals surface area contributed by atoms with Crippen LogP contribution in [0.15, 0.2) is 35.5 Å². The summed E-state index contributed by atoms with van der Waals surface area (Å²) in [5.41, 5.74) is 4.23. The largest absolute Gasteiger partial charge is 0.0958 e. The van der Waals surface area contributed by atoms with Gasteiger partial charge in [-0.2, -0.15) is 0 Å². The van der Waals surface area contributed by atoms with Crippen molar-refractivity contribution in [2.45, 2.75) is 107 Å². The van der Waals surface area contributed by atoms with E-state index in [1.165, 1.54) is 56.1 Å². The second-order valence-corrected chi connectivity index (χ2v) is 8.74. The minimum Gasteiger partial charge on any atom is -0.0958 e. The monoisotopic (exact) mass is 360 g/mol. The third kappa shape index (κ3) is 9.79. The van der Waals surface area contributed by atoms with Crippen LogP contribution in [0.25, 0.3) is 0 Å². The third-order valence-electron chi connectivity index (χ3n) is 6.48. The van der Waals surface area contributed by atoms with Gasteiger partial charge in [0.2, 0.25) is 0 Å². The van der Waals surface area contributed by atoms with Crippen molar-refractivity contribution in [3.05, 3.63) is 35.5 Å². The summed E-state index contributed by atoms with van der Waals surface area (Å²) >= 11 is 0. The Balaban J connectivity index is 4.70. The molecule has 26 heavy (non-hydrogen) atoms. The molecule has 4 atom stereocenters. The van der Waals surface area contributed by atoms with E-state index in [0.717, 1.165) is 18.3 Å². The van der Waals surface area contributed by atoms with Crippen LogP contribution < -0.4 is 0 Å². The molecular weight excluding hydrogens is 312 g/mol. The second kappa shape index (κ2) is 14.3. The molecule has 0 rings (SSSR count). The van der Waals surface area contributed by atoms with Gasteiger partial charge in [0, 0.05) is 0 Å². The van der Waals surface area contributed by atoms with Gasteiger partial charge in [0.05, 0.1) is 0 Å². The first-order valence-electron chi connectivity index (χ1n) is 11.2. The van der Waals surface area contributed by atoms with Crippen LogP contribution in [0.2, 0.25) is 0 Å². The van der Waals surface area contributed by atoms with E-state index >= 15 is 0 Å². The first kappa shape index (κ1) is 25.2. The van der Waals surface area contributed by atoms with E-state index < -0.39 is 0 Å². The molecule has 0 aromatic rings. The van der Waals surface area contributed by atoms with E-state index in [-0.39, 0.29) is 0 Å². The highest BCUT2D eigenvalue weighted by Gasteiger charge is 2.21. The van der Waals surface area contributed by atoms with Crippen molar-refractivity contribution in [1.29, 1.82) is 0 Å². The second-order valence-electron chi connectivity index (χ2n) is 8.74. The third-order valence-corrected chi connectivity index (χ3v) is 6.48. The maximum Gasteiger partial charge on any atom is -0.0177 e. The van der Waals surface area contributed by atoms with Gasteiger partial charge in [-0.15, -0.1) is 0 Å². The molecule has 0 aromatic heterocycles. The Labute approximate surface area is 166 Å². The molecule has 0 saturated carbocycles. The van der Waals surface area contributed by atoms with Crippen molar-refractivity contribution in [3.63, 3.8) is 0 Å². The van der Waals surface area contributed by atoms with Crippen LogP contribution in [0, 0.1) is 23.7 Å². The van der Waals surface area contributed by atoms with E-state index in [0.29, 0.717) is 11.8 Å². The van der Waals surface area contributed by atoms with Crippen LogP contribution in [0.1, 0.15) is 107 Å². The summed E-state index contributed by atoms with van der Waals surface area (Å²) in [6.45, 7) is 22.6. The Morgan fingerprint density at radius 2 is 1.50 bits per heavy atom. The molecule has 0 aliphatic heterocycles. The molecule has 0 heteroatoms. The lowest BCUT2D eigenvalue weighted by Crippen LogP contribution is -2.16. The molecule has 0 aromatic carbocycles. The van der Waals surface area contributed by atoms with Crippen LogP contribution in [0.5, 0.6) is 0 Å². The maximum absolute atomic E-state index is 4.16. The van der Waals surface area contributed by atoms with E-state index in [1.54, 1.807) is 5.57 Å². The summed E-state index contributed by atoms with van der Waals surface area (Å²) in [7, 11) is 0. The standard InChI is InChI=1S/C26H48/c1-10-14-24(12-3)17-15-21(7)16-18-26(22(8)11-2)23(9)19-25(13-4)20(5)6/h11,13,21,23-24,26H,5,10,12,14-19H2,1-4,6-9H3/b22-11+,25-13-/t21?,23?,24?,26-/m1/s1. The highest BCUT2D eigenvalue weighted by molar-refractivity contribution is 5.26. The normalized spacial score (nSPS) is 17.7. The van der Waals surface area contributed by atoms with Gasteiger partial charge in [-0.25, -0.2) is 0 Å². The minimum absolute atomic E-state index is 0.685. The van der Waals surface area contributed by atoms with Crippen LogP contribution in [0.3, 0.4) is 0 Å². The van der Waals surface area contributed by atoms with Crippen molar-refractivity contribution in [3.8, 4) is 0 Å². The Morgan fingerprint density at radius 3 is 1.96 bits per heavy atom. The predicted octanol–water partition coefficient (Wildman–Crippen LogP) is 9.14. The zero-order valence-electron chi connectivity index (χ0n) is 19.3. The van der Waals surface area contributed by atoms with Crippen molar-refractivity contribution in [1.82, 2.24) is 0 Å². The number of hydrogen-bond acceptors (Lipinski definition) is 0. The zero-order valence-corrected chi connectivity index (χ0v) is 19.3. The summed E-state index contributed by atoms with van der Waals surface area (Å²) in [6, 6.07) is 0. The maximum atomic E-state index is 4.16. The lowest BCUT2D eigenvalue weighted by molar-refractivity contribution is 0.319. The fraction of sp³-hybridized carbons (Fsp3) is 0.769. The summed E-state index contributed by atoms with van der Waals surface area (Å²) < 4.78 is 0. The topological polar surface area (TPSA) is 0 Å². The molecule has 0 nitrogen and oxygen atoms in total. The molecule has 0 fully saturated rings. The Kier molecular flexibility index (Phi) is 13.9. The fourth-order valence-electron chi connectivity index (χ4n) is 4.29. The molecular formula is C26H48. The van der Waals surface area contributed by atoms with Crippen molar-refractivity contribution < 1.29 is 0 Å². The quantitative estimate of drug-likeness (QED) is 0.214. The molecule has 0 N–H and O–H groups in total. The lowest BCUT2D eigenvalue weighted by Gasteiger charge is -2.28. The molecule has 152 valence electrons. The van der Waals surface area contributed by atoms with E-state index in [4.69, 9.17) is 0 Å².